The largest absolute Gasteiger partial charge is 0.352 e. The molecular weight excluding hydrogens is 226 g/mol. The molecule has 0 aromatic carbocycles. The zero-order chi connectivity index (χ0) is 12.8. The molecule has 2 unspecified atom stereocenters. The number of likely N-dealkylation sites (tertiary alicyclic amines) is 1. The first-order valence-corrected chi connectivity index (χ1v) is 7.46. The lowest BCUT2D eigenvalue weighted by molar-refractivity contribution is -0.122. The number of nitrogens with zero attached hydrogens (tertiary/aromatic N) is 1. The lowest BCUT2D eigenvalue weighted by Gasteiger charge is -2.24. The molecule has 4 nitrogen and oxygen atoms in total. The Kier molecular flexibility index (Phi) is 5.45. The molecule has 0 spiro atoms. The molecule has 2 saturated heterocycles. The van der Waals surface area contributed by atoms with Gasteiger partial charge in [-0.05, 0) is 64.7 Å². The van der Waals surface area contributed by atoms with Crippen LogP contribution in [0.5, 0.6) is 0 Å². The normalized spacial score (nSPS) is 27.1. The van der Waals surface area contributed by atoms with Crippen molar-refractivity contribution in [1.29, 1.82) is 0 Å². The Morgan fingerprint density at radius 1 is 1.39 bits per heavy atom. The fraction of sp³-hybridized carbons (Fsp3) is 0.929. The van der Waals surface area contributed by atoms with E-state index in [1.54, 1.807) is 0 Å². The third-order valence-corrected chi connectivity index (χ3v) is 4.01. The van der Waals surface area contributed by atoms with E-state index in [1.807, 2.05) is 0 Å². The maximum atomic E-state index is 11.9. The van der Waals surface area contributed by atoms with Crippen LogP contribution in [0.4, 0.5) is 0 Å². The number of rotatable bonds is 5. The van der Waals surface area contributed by atoms with E-state index in [0.29, 0.717) is 12.3 Å². The van der Waals surface area contributed by atoms with Crippen molar-refractivity contribution in [2.24, 2.45) is 5.92 Å². The molecule has 2 atom stereocenters. The molecule has 104 valence electrons. The Morgan fingerprint density at radius 2 is 2.17 bits per heavy atom. The van der Waals surface area contributed by atoms with Gasteiger partial charge in [-0.25, -0.2) is 0 Å². The molecule has 0 aromatic heterocycles. The maximum absolute atomic E-state index is 11.9. The first kappa shape index (κ1) is 13.8. The number of piperidine rings is 1. The number of hydrogen-bond donors (Lipinski definition) is 2. The number of carbonyl (C=O) groups is 1. The summed E-state index contributed by atoms with van der Waals surface area (Å²) in [5.41, 5.74) is 0. The van der Waals surface area contributed by atoms with Crippen LogP contribution in [0.3, 0.4) is 0 Å². The highest BCUT2D eigenvalue weighted by molar-refractivity contribution is 5.76. The minimum absolute atomic E-state index is 0.232. The van der Waals surface area contributed by atoms with Crippen molar-refractivity contribution >= 4 is 5.91 Å². The molecule has 2 aliphatic heterocycles. The predicted octanol–water partition coefficient (Wildman–Crippen LogP) is 0.977. The molecular formula is C14H27N3O. The van der Waals surface area contributed by atoms with E-state index in [4.69, 9.17) is 0 Å². The van der Waals surface area contributed by atoms with E-state index < -0.39 is 0 Å². The third-order valence-electron chi connectivity index (χ3n) is 4.01. The fourth-order valence-corrected chi connectivity index (χ4v) is 3.09. The van der Waals surface area contributed by atoms with E-state index in [0.717, 1.165) is 19.6 Å². The summed E-state index contributed by atoms with van der Waals surface area (Å²) in [6.07, 6.45) is 5.72. The van der Waals surface area contributed by atoms with Crippen molar-refractivity contribution in [3.05, 3.63) is 0 Å². The SMILES string of the molecule is CC(CN1CCCC1)NC(=O)CC1CCCNC1. The number of hydrogen-bond acceptors (Lipinski definition) is 3. The lowest BCUT2D eigenvalue weighted by Crippen LogP contribution is -2.42. The fourth-order valence-electron chi connectivity index (χ4n) is 3.09. The van der Waals surface area contributed by atoms with Crippen molar-refractivity contribution in [3.8, 4) is 0 Å². The predicted molar refractivity (Wildman–Crippen MR) is 73.5 cm³/mol. The molecule has 0 bridgehead atoms. The zero-order valence-corrected chi connectivity index (χ0v) is 11.6. The lowest BCUT2D eigenvalue weighted by atomic mass is 9.96. The van der Waals surface area contributed by atoms with Crippen LogP contribution >= 0.6 is 0 Å². The Balaban J connectivity index is 1.62. The first-order valence-electron chi connectivity index (χ1n) is 7.46. The average Bonchev–Trinajstić information content (AvgIpc) is 2.82. The van der Waals surface area contributed by atoms with E-state index in [9.17, 15) is 4.79 Å². The van der Waals surface area contributed by atoms with Crippen molar-refractivity contribution < 1.29 is 4.79 Å². The molecule has 0 aromatic rings. The van der Waals surface area contributed by atoms with Gasteiger partial charge in [0.05, 0.1) is 0 Å². The van der Waals surface area contributed by atoms with Crippen molar-refractivity contribution in [2.45, 2.75) is 45.1 Å². The Morgan fingerprint density at radius 3 is 2.83 bits per heavy atom. The summed E-state index contributed by atoms with van der Waals surface area (Å²) in [4.78, 5) is 14.4. The maximum Gasteiger partial charge on any atom is 0.220 e. The average molecular weight is 253 g/mol. The summed E-state index contributed by atoms with van der Waals surface area (Å²) in [5.74, 6) is 0.771. The van der Waals surface area contributed by atoms with Crippen LogP contribution in [0.1, 0.15) is 39.0 Å². The third kappa shape index (κ3) is 4.58. The molecule has 18 heavy (non-hydrogen) atoms. The highest BCUT2D eigenvalue weighted by Gasteiger charge is 2.19. The molecule has 1 amide bonds. The van der Waals surface area contributed by atoms with Gasteiger partial charge in [0.15, 0.2) is 0 Å². The Bertz CT molecular complexity index is 258. The van der Waals surface area contributed by atoms with Crippen LogP contribution in [0.2, 0.25) is 0 Å². The number of carbonyl (C=O) groups excluding carboxylic acids is 1. The van der Waals surface area contributed by atoms with E-state index in [1.165, 1.54) is 38.8 Å². The van der Waals surface area contributed by atoms with Crippen LogP contribution in [0.15, 0.2) is 0 Å². The van der Waals surface area contributed by atoms with Gasteiger partial charge in [-0.2, -0.15) is 0 Å². The quantitative estimate of drug-likeness (QED) is 0.767. The first-order chi connectivity index (χ1) is 8.74. The van der Waals surface area contributed by atoms with Gasteiger partial charge in [0.25, 0.3) is 0 Å². The van der Waals surface area contributed by atoms with Gasteiger partial charge >= 0.3 is 0 Å². The second kappa shape index (κ2) is 7.10. The van der Waals surface area contributed by atoms with Gasteiger partial charge in [0, 0.05) is 19.0 Å². The van der Waals surface area contributed by atoms with E-state index >= 15 is 0 Å². The van der Waals surface area contributed by atoms with Gasteiger partial charge < -0.3 is 15.5 Å². The molecule has 2 fully saturated rings. The van der Waals surface area contributed by atoms with E-state index in [-0.39, 0.29) is 11.9 Å². The standard InChI is InChI=1S/C14H27N3O/c1-12(11-17-7-2-3-8-17)16-14(18)9-13-5-4-6-15-10-13/h12-13,15H,2-11H2,1H3,(H,16,18). The van der Waals surface area contributed by atoms with Gasteiger partial charge in [-0.1, -0.05) is 0 Å². The number of amides is 1. The monoisotopic (exact) mass is 253 g/mol. The summed E-state index contributed by atoms with van der Waals surface area (Å²) >= 11 is 0. The molecule has 2 N–H and O–H groups in total. The topological polar surface area (TPSA) is 44.4 Å². The molecule has 2 aliphatic rings. The molecule has 0 saturated carbocycles. The Labute approximate surface area is 110 Å². The molecule has 2 rings (SSSR count). The number of nitrogens with one attached hydrogen (secondary N) is 2. The summed E-state index contributed by atoms with van der Waals surface area (Å²) in [6, 6.07) is 0.284. The molecule has 0 radical (unpaired) electrons. The van der Waals surface area contributed by atoms with Crippen LogP contribution in [-0.2, 0) is 4.79 Å². The van der Waals surface area contributed by atoms with Crippen molar-refractivity contribution in [1.82, 2.24) is 15.5 Å². The van der Waals surface area contributed by atoms with Crippen LogP contribution in [-0.4, -0.2) is 49.6 Å². The summed E-state index contributed by atoms with van der Waals surface area (Å²) in [5, 5.41) is 6.51. The van der Waals surface area contributed by atoms with Gasteiger partial charge in [0.2, 0.25) is 5.91 Å². The van der Waals surface area contributed by atoms with Crippen molar-refractivity contribution in [2.75, 3.05) is 32.7 Å². The summed E-state index contributed by atoms with van der Waals surface area (Å²) in [7, 11) is 0. The van der Waals surface area contributed by atoms with Crippen LogP contribution in [0, 0.1) is 5.92 Å². The minimum atomic E-state index is 0.232. The Hall–Kier alpha value is -0.610. The smallest absolute Gasteiger partial charge is 0.220 e. The highest BCUT2D eigenvalue weighted by atomic mass is 16.1. The second-order valence-corrected chi connectivity index (χ2v) is 5.89. The van der Waals surface area contributed by atoms with Gasteiger partial charge in [-0.15, -0.1) is 0 Å². The van der Waals surface area contributed by atoms with Crippen molar-refractivity contribution in [3.63, 3.8) is 0 Å². The van der Waals surface area contributed by atoms with Crippen LogP contribution in [0.25, 0.3) is 0 Å². The molecule has 2 heterocycles. The highest BCUT2D eigenvalue weighted by Crippen LogP contribution is 2.14. The van der Waals surface area contributed by atoms with Gasteiger partial charge in [-0.3, -0.25) is 4.79 Å². The summed E-state index contributed by atoms with van der Waals surface area (Å²) in [6.45, 7) is 7.65. The second-order valence-electron chi connectivity index (χ2n) is 5.89. The van der Waals surface area contributed by atoms with Crippen LogP contribution < -0.4 is 10.6 Å². The molecule has 4 heteroatoms. The zero-order valence-electron chi connectivity index (χ0n) is 11.6. The van der Waals surface area contributed by atoms with E-state index in [2.05, 4.69) is 22.5 Å². The van der Waals surface area contributed by atoms with Gasteiger partial charge in [0.1, 0.15) is 0 Å². The molecule has 0 aliphatic carbocycles. The summed E-state index contributed by atoms with van der Waals surface area (Å²) < 4.78 is 0. The minimum Gasteiger partial charge on any atom is -0.352 e.